The first-order valence-electron chi connectivity index (χ1n) is 6.32. The molecule has 1 aliphatic heterocycles. The third-order valence-corrected chi connectivity index (χ3v) is 3.61. The van der Waals surface area contributed by atoms with Crippen molar-refractivity contribution in [1.29, 1.82) is 0 Å². The molecule has 0 bridgehead atoms. The van der Waals surface area contributed by atoms with Gasteiger partial charge < -0.3 is 15.2 Å². The number of likely N-dealkylation sites (tertiary alicyclic amines) is 1. The summed E-state index contributed by atoms with van der Waals surface area (Å²) in [6.45, 7) is 6.39. The molecule has 0 radical (unpaired) electrons. The standard InChI is InChI=1S/C12H24N2O3/c1-4-12(16,5-2)9-14-7-6-10(8-14)13-11(15)17-3/h10,16H,4-9H2,1-3H3,(H,13,15). The lowest BCUT2D eigenvalue weighted by molar-refractivity contribution is 0.00205. The largest absolute Gasteiger partial charge is 0.453 e. The van der Waals surface area contributed by atoms with Crippen LogP contribution in [0.2, 0.25) is 0 Å². The number of rotatable bonds is 5. The van der Waals surface area contributed by atoms with Crippen molar-refractivity contribution in [3.63, 3.8) is 0 Å². The zero-order valence-electron chi connectivity index (χ0n) is 11.0. The van der Waals surface area contributed by atoms with Gasteiger partial charge in [0, 0.05) is 25.7 Å². The number of carbonyl (C=O) groups is 1. The van der Waals surface area contributed by atoms with E-state index in [2.05, 4.69) is 15.0 Å². The van der Waals surface area contributed by atoms with Gasteiger partial charge in [-0.2, -0.15) is 0 Å². The van der Waals surface area contributed by atoms with Gasteiger partial charge in [0.15, 0.2) is 0 Å². The van der Waals surface area contributed by atoms with Crippen LogP contribution in [0.3, 0.4) is 0 Å². The first-order valence-corrected chi connectivity index (χ1v) is 6.32. The van der Waals surface area contributed by atoms with Gasteiger partial charge in [0.25, 0.3) is 0 Å². The van der Waals surface area contributed by atoms with Crippen molar-refractivity contribution in [1.82, 2.24) is 10.2 Å². The molecule has 1 rings (SSSR count). The van der Waals surface area contributed by atoms with Gasteiger partial charge >= 0.3 is 6.09 Å². The smallest absolute Gasteiger partial charge is 0.407 e. The Labute approximate surface area is 103 Å². The van der Waals surface area contributed by atoms with Crippen LogP contribution < -0.4 is 5.32 Å². The van der Waals surface area contributed by atoms with E-state index in [1.165, 1.54) is 7.11 Å². The van der Waals surface area contributed by atoms with Crippen LogP contribution in [0.4, 0.5) is 4.79 Å². The second kappa shape index (κ2) is 6.21. The molecule has 5 heteroatoms. The predicted octanol–water partition coefficient (Wildman–Crippen LogP) is 0.968. The van der Waals surface area contributed by atoms with Gasteiger partial charge in [0.05, 0.1) is 12.7 Å². The van der Waals surface area contributed by atoms with Crippen LogP contribution in [0, 0.1) is 0 Å². The Morgan fingerprint density at radius 2 is 2.18 bits per heavy atom. The molecule has 1 heterocycles. The number of alkyl carbamates (subject to hydrolysis) is 1. The normalized spacial score (nSPS) is 21.5. The van der Waals surface area contributed by atoms with Crippen LogP contribution in [-0.2, 0) is 4.74 Å². The molecule has 5 nitrogen and oxygen atoms in total. The first kappa shape index (κ1) is 14.3. The minimum Gasteiger partial charge on any atom is -0.453 e. The molecule has 1 atom stereocenters. The lowest BCUT2D eigenvalue weighted by atomic mass is 9.97. The summed E-state index contributed by atoms with van der Waals surface area (Å²) < 4.78 is 4.57. The molecular weight excluding hydrogens is 220 g/mol. The number of methoxy groups -OCH3 is 1. The molecule has 0 saturated carbocycles. The third-order valence-electron chi connectivity index (χ3n) is 3.61. The molecule has 0 aromatic heterocycles. The van der Waals surface area contributed by atoms with Crippen LogP contribution in [0.25, 0.3) is 0 Å². The fourth-order valence-corrected chi connectivity index (χ4v) is 2.21. The third kappa shape index (κ3) is 4.16. The number of ether oxygens (including phenoxy) is 1. The summed E-state index contributed by atoms with van der Waals surface area (Å²) in [5.74, 6) is 0. The summed E-state index contributed by atoms with van der Waals surface area (Å²) in [5.41, 5.74) is -0.597. The molecule has 1 amide bonds. The Morgan fingerprint density at radius 1 is 1.53 bits per heavy atom. The van der Waals surface area contributed by atoms with Gasteiger partial charge in [-0.25, -0.2) is 4.79 Å². The van der Waals surface area contributed by atoms with Gasteiger partial charge in [-0.1, -0.05) is 13.8 Å². The minimum atomic E-state index is -0.597. The van der Waals surface area contributed by atoms with E-state index in [1.807, 2.05) is 13.8 Å². The number of β-amino-alcohol motifs (C(OH)–C–C–N with tert-alkyl or cyclic N) is 1. The Kier molecular flexibility index (Phi) is 5.21. The zero-order chi connectivity index (χ0) is 12.9. The molecule has 2 N–H and O–H groups in total. The van der Waals surface area contributed by atoms with E-state index in [0.717, 1.165) is 32.4 Å². The highest BCUT2D eigenvalue weighted by Crippen LogP contribution is 2.19. The highest BCUT2D eigenvalue weighted by molar-refractivity contribution is 5.67. The lowest BCUT2D eigenvalue weighted by Crippen LogP contribution is -2.43. The van der Waals surface area contributed by atoms with Crippen LogP contribution >= 0.6 is 0 Å². The molecular formula is C12H24N2O3. The quantitative estimate of drug-likeness (QED) is 0.756. The molecule has 1 fully saturated rings. The van der Waals surface area contributed by atoms with E-state index in [0.29, 0.717) is 6.54 Å². The van der Waals surface area contributed by atoms with Gasteiger partial charge in [-0.05, 0) is 19.3 Å². The molecule has 0 spiro atoms. The van der Waals surface area contributed by atoms with E-state index in [-0.39, 0.29) is 12.1 Å². The van der Waals surface area contributed by atoms with E-state index >= 15 is 0 Å². The van der Waals surface area contributed by atoms with Crippen molar-refractivity contribution in [2.24, 2.45) is 0 Å². The molecule has 0 aliphatic carbocycles. The SMILES string of the molecule is CCC(O)(CC)CN1CCC(NC(=O)OC)C1. The molecule has 1 saturated heterocycles. The average Bonchev–Trinajstić information content (AvgIpc) is 2.75. The monoisotopic (exact) mass is 244 g/mol. The summed E-state index contributed by atoms with van der Waals surface area (Å²) in [7, 11) is 1.37. The number of nitrogens with zero attached hydrogens (tertiary/aromatic N) is 1. The van der Waals surface area contributed by atoms with E-state index in [9.17, 15) is 9.90 Å². The maximum absolute atomic E-state index is 11.1. The summed E-state index contributed by atoms with van der Waals surface area (Å²) in [4.78, 5) is 13.3. The zero-order valence-corrected chi connectivity index (χ0v) is 11.0. The van der Waals surface area contributed by atoms with Crippen molar-refractivity contribution in [2.45, 2.75) is 44.8 Å². The number of hydrogen-bond donors (Lipinski definition) is 2. The minimum absolute atomic E-state index is 0.139. The molecule has 17 heavy (non-hydrogen) atoms. The first-order chi connectivity index (χ1) is 8.03. The Hall–Kier alpha value is -0.810. The second-order valence-corrected chi connectivity index (χ2v) is 4.79. The summed E-state index contributed by atoms with van der Waals surface area (Å²) in [6.07, 6.45) is 2.06. The van der Waals surface area contributed by atoms with Crippen LogP contribution in [0.1, 0.15) is 33.1 Å². The molecule has 1 unspecified atom stereocenters. The number of carbonyl (C=O) groups excluding carboxylic acids is 1. The van der Waals surface area contributed by atoms with Gasteiger partial charge in [0.2, 0.25) is 0 Å². The molecule has 0 aromatic rings. The molecule has 100 valence electrons. The van der Waals surface area contributed by atoms with Gasteiger partial charge in [-0.15, -0.1) is 0 Å². The fourth-order valence-electron chi connectivity index (χ4n) is 2.21. The van der Waals surface area contributed by atoms with Crippen molar-refractivity contribution >= 4 is 6.09 Å². The maximum Gasteiger partial charge on any atom is 0.407 e. The van der Waals surface area contributed by atoms with Crippen molar-refractivity contribution in [2.75, 3.05) is 26.7 Å². The summed E-state index contributed by atoms with van der Waals surface area (Å²) in [5, 5.41) is 13.0. The maximum atomic E-state index is 11.1. The molecule has 1 aliphatic rings. The Balaban J connectivity index is 2.37. The van der Waals surface area contributed by atoms with E-state index in [1.54, 1.807) is 0 Å². The lowest BCUT2D eigenvalue weighted by Gasteiger charge is -2.30. The second-order valence-electron chi connectivity index (χ2n) is 4.79. The number of nitrogens with one attached hydrogen (secondary N) is 1. The number of aliphatic hydroxyl groups is 1. The predicted molar refractivity (Wildman–Crippen MR) is 65.9 cm³/mol. The highest BCUT2D eigenvalue weighted by Gasteiger charge is 2.30. The van der Waals surface area contributed by atoms with Gasteiger partial charge in [-0.3, -0.25) is 4.90 Å². The summed E-state index contributed by atoms with van der Waals surface area (Å²) in [6, 6.07) is 0.139. The highest BCUT2D eigenvalue weighted by atomic mass is 16.5. The summed E-state index contributed by atoms with van der Waals surface area (Å²) >= 11 is 0. The van der Waals surface area contributed by atoms with Crippen molar-refractivity contribution in [3.8, 4) is 0 Å². The Bertz CT molecular complexity index is 254. The Morgan fingerprint density at radius 3 is 2.71 bits per heavy atom. The molecule has 0 aromatic carbocycles. The van der Waals surface area contributed by atoms with Crippen LogP contribution in [0.5, 0.6) is 0 Å². The van der Waals surface area contributed by atoms with Crippen LogP contribution in [0.15, 0.2) is 0 Å². The van der Waals surface area contributed by atoms with Crippen molar-refractivity contribution < 1.29 is 14.6 Å². The van der Waals surface area contributed by atoms with Crippen LogP contribution in [-0.4, -0.2) is 54.5 Å². The van der Waals surface area contributed by atoms with E-state index in [4.69, 9.17) is 0 Å². The average molecular weight is 244 g/mol. The number of hydrogen-bond acceptors (Lipinski definition) is 4. The number of amides is 1. The van der Waals surface area contributed by atoms with Crippen molar-refractivity contribution in [3.05, 3.63) is 0 Å². The van der Waals surface area contributed by atoms with Gasteiger partial charge in [0.1, 0.15) is 0 Å². The van der Waals surface area contributed by atoms with E-state index < -0.39 is 5.60 Å². The fraction of sp³-hybridized carbons (Fsp3) is 0.917. The topological polar surface area (TPSA) is 61.8 Å².